The van der Waals surface area contributed by atoms with E-state index in [1.165, 1.54) is 0 Å². The van der Waals surface area contributed by atoms with Crippen molar-refractivity contribution in [3.8, 4) is 0 Å². The molecule has 0 saturated heterocycles. The van der Waals surface area contributed by atoms with E-state index in [9.17, 15) is 14.4 Å². The summed E-state index contributed by atoms with van der Waals surface area (Å²) in [6.07, 6.45) is 3.23. The van der Waals surface area contributed by atoms with E-state index in [1.807, 2.05) is 60.7 Å². The highest BCUT2D eigenvalue weighted by Crippen LogP contribution is 2.17. The van der Waals surface area contributed by atoms with Crippen LogP contribution in [0.1, 0.15) is 23.0 Å². The fourth-order valence-corrected chi connectivity index (χ4v) is 2.44. The van der Waals surface area contributed by atoms with E-state index in [-0.39, 0.29) is 38.3 Å². The first-order chi connectivity index (χ1) is 16.8. The molecule has 0 aliphatic heterocycles. The minimum Gasteiger partial charge on any atom is -0.462 e. The highest BCUT2D eigenvalue weighted by Gasteiger charge is 2.15. The van der Waals surface area contributed by atoms with Crippen molar-refractivity contribution in [3.05, 3.63) is 110 Å². The first kappa shape index (κ1) is 31.5. The van der Waals surface area contributed by atoms with Gasteiger partial charge in [-0.2, -0.15) is 0 Å². The second-order valence-corrected chi connectivity index (χ2v) is 7.13. The number of aliphatic hydroxyl groups excluding tert-OH is 2. The van der Waals surface area contributed by atoms with Crippen LogP contribution in [0.15, 0.2) is 98.6 Å². The molecule has 0 atom stereocenters. The number of carbonyl (C=O) groups is 3. The van der Waals surface area contributed by atoms with Gasteiger partial charge in [0.2, 0.25) is 5.24 Å². The Balaban J connectivity index is 0.000000605. The van der Waals surface area contributed by atoms with Crippen molar-refractivity contribution < 1.29 is 34.1 Å². The summed E-state index contributed by atoms with van der Waals surface area (Å²) in [5.41, 5.74) is 1.91. The number of ether oxygens (including phenoxy) is 2. The zero-order chi connectivity index (χ0) is 26.5. The normalized spacial score (nSPS) is 9.51. The molecular formula is C27H31ClO7. The molecule has 0 bridgehead atoms. The Labute approximate surface area is 211 Å². The van der Waals surface area contributed by atoms with Crippen LogP contribution in [0.4, 0.5) is 0 Å². The molecule has 0 aliphatic rings. The zero-order valence-electron chi connectivity index (χ0n) is 19.4. The van der Waals surface area contributed by atoms with Crippen molar-refractivity contribution in [2.75, 3.05) is 26.4 Å². The molecule has 8 heteroatoms. The molecule has 0 radical (unpaired) electrons. The van der Waals surface area contributed by atoms with E-state index >= 15 is 0 Å². The van der Waals surface area contributed by atoms with E-state index in [1.54, 1.807) is 0 Å². The third-order valence-corrected chi connectivity index (χ3v) is 4.48. The van der Waals surface area contributed by atoms with E-state index in [4.69, 9.17) is 31.3 Å². The molecule has 0 amide bonds. The van der Waals surface area contributed by atoms with Crippen LogP contribution in [-0.2, 0) is 23.9 Å². The highest BCUT2D eigenvalue weighted by molar-refractivity contribution is 6.66. The molecule has 0 heterocycles. The lowest BCUT2D eigenvalue weighted by molar-refractivity contribution is -0.141. The predicted octanol–water partition coefficient (Wildman–Crippen LogP) is 3.92. The Bertz CT molecular complexity index is 886. The molecule has 0 fully saturated rings. The Hall–Kier alpha value is -3.52. The maximum Gasteiger partial charge on any atom is 0.330 e. The largest absolute Gasteiger partial charge is 0.462 e. The summed E-state index contributed by atoms with van der Waals surface area (Å²) >= 11 is 4.71. The smallest absolute Gasteiger partial charge is 0.330 e. The van der Waals surface area contributed by atoms with E-state index < -0.39 is 17.2 Å². The molecule has 2 aromatic rings. The highest BCUT2D eigenvalue weighted by atomic mass is 35.5. The third-order valence-electron chi connectivity index (χ3n) is 4.33. The Morgan fingerprint density at radius 3 is 1.34 bits per heavy atom. The summed E-state index contributed by atoms with van der Waals surface area (Å²) in [4.78, 5) is 31.6. The van der Waals surface area contributed by atoms with Crippen LogP contribution in [0.5, 0.6) is 0 Å². The van der Waals surface area contributed by atoms with Gasteiger partial charge < -0.3 is 19.7 Å². The number of allylic oxidation sites excluding steroid dienone is 1. The lowest BCUT2D eigenvalue weighted by Crippen LogP contribution is -2.18. The number of aliphatic hydroxyl groups is 2. The summed E-state index contributed by atoms with van der Waals surface area (Å²) in [5, 5.41) is 17.1. The molecule has 35 heavy (non-hydrogen) atoms. The lowest BCUT2D eigenvalue weighted by Gasteiger charge is -2.16. The van der Waals surface area contributed by atoms with Gasteiger partial charge in [0.05, 0.1) is 19.1 Å². The van der Waals surface area contributed by atoms with Gasteiger partial charge in [-0.15, -0.1) is 0 Å². The zero-order valence-corrected chi connectivity index (χ0v) is 20.2. The third kappa shape index (κ3) is 15.1. The summed E-state index contributed by atoms with van der Waals surface area (Å²) < 4.78 is 10.00. The quantitative estimate of drug-likeness (QED) is 0.272. The van der Waals surface area contributed by atoms with Gasteiger partial charge in [-0.25, -0.2) is 9.59 Å². The molecule has 7 nitrogen and oxygen atoms in total. The van der Waals surface area contributed by atoms with Crippen molar-refractivity contribution in [1.29, 1.82) is 0 Å². The van der Waals surface area contributed by atoms with Crippen molar-refractivity contribution in [1.82, 2.24) is 0 Å². The Morgan fingerprint density at radius 1 is 0.714 bits per heavy atom. The number of rotatable bonds is 11. The Morgan fingerprint density at radius 2 is 1.06 bits per heavy atom. The van der Waals surface area contributed by atoms with Crippen LogP contribution >= 0.6 is 11.6 Å². The van der Waals surface area contributed by atoms with Crippen molar-refractivity contribution >= 4 is 28.8 Å². The SMILES string of the molecule is C=CC(=O)Cl.C=CC(=O)OCC(COC(=O)C=C)c1ccccc1.OCC(CO)c1ccccc1. The van der Waals surface area contributed by atoms with Crippen LogP contribution in [0, 0.1) is 0 Å². The topological polar surface area (TPSA) is 110 Å². The number of carbonyl (C=O) groups excluding carboxylic acids is 3. The molecule has 0 aliphatic carbocycles. The molecule has 2 N–H and O–H groups in total. The number of halogens is 1. The summed E-state index contributed by atoms with van der Waals surface area (Å²) in [6.45, 7) is 9.98. The first-order valence-electron chi connectivity index (χ1n) is 10.5. The van der Waals surface area contributed by atoms with E-state index in [2.05, 4.69) is 19.7 Å². The second-order valence-electron chi connectivity index (χ2n) is 6.76. The van der Waals surface area contributed by atoms with Crippen LogP contribution in [0.2, 0.25) is 0 Å². The van der Waals surface area contributed by atoms with Gasteiger partial charge in [0.1, 0.15) is 13.2 Å². The molecule has 2 aromatic carbocycles. The van der Waals surface area contributed by atoms with Gasteiger partial charge in [-0.05, 0) is 28.8 Å². The van der Waals surface area contributed by atoms with Crippen LogP contribution in [0.25, 0.3) is 0 Å². The number of hydrogen-bond donors (Lipinski definition) is 2. The summed E-state index contributed by atoms with van der Waals surface area (Å²) in [5.74, 6) is -1.35. The molecule has 0 aromatic heterocycles. The summed E-state index contributed by atoms with van der Waals surface area (Å²) in [7, 11) is 0. The van der Waals surface area contributed by atoms with Crippen LogP contribution < -0.4 is 0 Å². The average molecular weight is 503 g/mol. The molecule has 188 valence electrons. The minimum atomic E-state index is -0.509. The summed E-state index contributed by atoms with van der Waals surface area (Å²) in [6, 6.07) is 18.9. The predicted molar refractivity (Wildman–Crippen MR) is 136 cm³/mol. The molecule has 0 unspecified atom stereocenters. The lowest BCUT2D eigenvalue weighted by atomic mass is 10.0. The van der Waals surface area contributed by atoms with Gasteiger partial charge in [-0.3, -0.25) is 4.79 Å². The standard InChI is InChI=1S/C15H16O4.C9H12O2.C3H3ClO/c1-3-14(16)18-10-13(11-19-15(17)4-2)12-8-6-5-7-9-12;10-6-9(7-11)8-4-2-1-3-5-8;1-2-3(4)5/h3-9,13H,1-2,10-11H2;1-5,9-11H,6-7H2;2H,1H2. The molecule has 0 saturated carbocycles. The number of benzene rings is 2. The molecular weight excluding hydrogens is 472 g/mol. The number of esters is 2. The van der Waals surface area contributed by atoms with Crippen molar-refractivity contribution in [3.63, 3.8) is 0 Å². The monoisotopic (exact) mass is 502 g/mol. The van der Waals surface area contributed by atoms with Crippen LogP contribution in [0.3, 0.4) is 0 Å². The Kier molecular flexibility index (Phi) is 17.9. The maximum atomic E-state index is 11.1. The molecule has 0 spiro atoms. The fourth-order valence-electron chi connectivity index (χ4n) is 2.44. The van der Waals surface area contributed by atoms with Gasteiger partial charge in [0, 0.05) is 18.1 Å². The van der Waals surface area contributed by atoms with Crippen LogP contribution in [-0.4, -0.2) is 53.8 Å². The van der Waals surface area contributed by atoms with E-state index in [0.29, 0.717) is 0 Å². The van der Waals surface area contributed by atoms with Gasteiger partial charge in [0.25, 0.3) is 0 Å². The molecule has 2 rings (SSSR count). The fraction of sp³-hybridized carbons (Fsp3) is 0.222. The van der Waals surface area contributed by atoms with Crippen molar-refractivity contribution in [2.45, 2.75) is 11.8 Å². The number of hydrogen-bond acceptors (Lipinski definition) is 7. The van der Waals surface area contributed by atoms with Crippen molar-refractivity contribution in [2.24, 2.45) is 0 Å². The average Bonchev–Trinajstić information content (AvgIpc) is 2.90. The minimum absolute atomic E-state index is 0.000509. The first-order valence-corrected chi connectivity index (χ1v) is 10.9. The van der Waals surface area contributed by atoms with Gasteiger partial charge in [-0.1, -0.05) is 80.4 Å². The second kappa shape index (κ2) is 19.9. The van der Waals surface area contributed by atoms with E-state index in [0.717, 1.165) is 29.4 Å². The van der Waals surface area contributed by atoms with Gasteiger partial charge >= 0.3 is 11.9 Å². The van der Waals surface area contributed by atoms with Gasteiger partial charge in [0.15, 0.2) is 0 Å². The maximum absolute atomic E-state index is 11.1.